The molecule has 1 aromatic rings. The van der Waals surface area contributed by atoms with E-state index in [0.29, 0.717) is 12.6 Å². The molecule has 0 fully saturated rings. The molecule has 0 spiro atoms. The zero-order chi connectivity index (χ0) is 12.0. The second-order valence-corrected chi connectivity index (χ2v) is 4.18. The Kier molecular flexibility index (Phi) is 5.43. The largest absolute Gasteiger partial charge is 0.326 e. The molecule has 0 saturated heterocycles. The van der Waals surface area contributed by atoms with Crippen LogP contribution in [0, 0.1) is 0 Å². The fraction of sp³-hybridized carbons (Fsp3) is 0.615. The van der Waals surface area contributed by atoms with Crippen LogP contribution in [0.2, 0.25) is 0 Å². The van der Waals surface area contributed by atoms with Crippen molar-refractivity contribution < 1.29 is 0 Å². The molecule has 16 heavy (non-hydrogen) atoms. The zero-order valence-corrected chi connectivity index (χ0v) is 10.6. The quantitative estimate of drug-likeness (QED) is 0.800. The average molecular weight is 221 g/mol. The number of nitrogens with zero attached hydrogens (tertiary/aromatic N) is 2. The molecule has 0 aliphatic rings. The summed E-state index contributed by atoms with van der Waals surface area (Å²) in [4.78, 5) is 6.87. The normalized spacial score (nSPS) is 13.1. The number of hydrogen-bond donors (Lipinski definition) is 1. The summed E-state index contributed by atoms with van der Waals surface area (Å²) >= 11 is 0. The van der Waals surface area contributed by atoms with Crippen LogP contribution >= 0.6 is 0 Å². The second kappa shape index (κ2) is 6.61. The first-order chi connectivity index (χ1) is 7.71. The number of aromatic nitrogens is 1. The van der Waals surface area contributed by atoms with Gasteiger partial charge in [0.15, 0.2) is 0 Å². The summed E-state index contributed by atoms with van der Waals surface area (Å²) in [6.07, 6.45) is 3.05. The number of pyridine rings is 1. The van der Waals surface area contributed by atoms with E-state index in [9.17, 15) is 0 Å². The van der Waals surface area contributed by atoms with E-state index in [1.807, 2.05) is 6.20 Å². The van der Waals surface area contributed by atoms with Crippen LogP contribution in [0.5, 0.6) is 0 Å². The van der Waals surface area contributed by atoms with Gasteiger partial charge in [0.25, 0.3) is 0 Å². The smallest absolute Gasteiger partial charge is 0.0544 e. The van der Waals surface area contributed by atoms with Gasteiger partial charge in [-0.1, -0.05) is 19.9 Å². The molecule has 2 N–H and O–H groups in total. The highest BCUT2D eigenvalue weighted by Crippen LogP contribution is 2.09. The average Bonchev–Trinajstić information content (AvgIpc) is 2.35. The van der Waals surface area contributed by atoms with Crippen molar-refractivity contribution in [1.29, 1.82) is 0 Å². The summed E-state index contributed by atoms with van der Waals surface area (Å²) in [5.41, 5.74) is 7.76. The van der Waals surface area contributed by atoms with E-state index in [0.717, 1.165) is 24.3 Å². The summed E-state index contributed by atoms with van der Waals surface area (Å²) in [5.74, 6) is 0. The highest BCUT2D eigenvalue weighted by Gasteiger charge is 2.10. The van der Waals surface area contributed by atoms with Gasteiger partial charge in [-0.15, -0.1) is 0 Å². The summed E-state index contributed by atoms with van der Waals surface area (Å²) in [6.45, 7) is 9.23. The van der Waals surface area contributed by atoms with E-state index >= 15 is 0 Å². The van der Waals surface area contributed by atoms with Gasteiger partial charge in [0.2, 0.25) is 0 Å². The molecule has 3 nitrogen and oxygen atoms in total. The Morgan fingerprint density at radius 3 is 2.56 bits per heavy atom. The van der Waals surface area contributed by atoms with Crippen LogP contribution in [0.3, 0.4) is 0 Å². The van der Waals surface area contributed by atoms with Crippen molar-refractivity contribution in [1.82, 2.24) is 9.88 Å². The molecule has 0 aliphatic heterocycles. The third-order valence-electron chi connectivity index (χ3n) is 3.11. The first-order valence-electron chi connectivity index (χ1n) is 6.09. The molecule has 1 heterocycles. The van der Waals surface area contributed by atoms with Crippen molar-refractivity contribution in [3.05, 3.63) is 29.6 Å². The first kappa shape index (κ1) is 13.1. The maximum atomic E-state index is 5.55. The predicted octanol–water partition coefficient (Wildman–Crippen LogP) is 2.16. The third kappa shape index (κ3) is 3.58. The van der Waals surface area contributed by atoms with Crippen LogP contribution in [-0.2, 0) is 13.1 Å². The van der Waals surface area contributed by atoms with Crippen LogP contribution in [0.1, 0.15) is 38.4 Å². The van der Waals surface area contributed by atoms with Gasteiger partial charge in [0.05, 0.1) is 5.69 Å². The lowest BCUT2D eigenvalue weighted by Gasteiger charge is -2.26. The Bertz CT molecular complexity index is 295. The topological polar surface area (TPSA) is 42.1 Å². The maximum absolute atomic E-state index is 5.55. The highest BCUT2D eigenvalue weighted by atomic mass is 15.1. The molecule has 1 aromatic heterocycles. The lowest BCUT2D eigenvalue weighted by molar-refractivity contribution is 0.203. The Morgan fingerprint density at radius 1 is 1.38 bits per heavy atom. The molecule has 0 aliphatic carbocycles. The van der Waals surface area contributed by atoms with E-state index in [-0.39, 0.29) is 0 Å². The van der Waals surface area contributed by atoms with Gasteiger partial charge < -0.3 is 5.73 Å². The monoisotopic (exact) mass is 221 g/mol. The van der Waals surface area contributed by atoms with Crippen molar-refractivity contribution in [2.24, 2.45) is 5.73 Å². The van der Waals surface area contributed by atoms with E-state index in [1.165, 1.54) is 6.42 Å². The standard InChI is InChI=1S/C13H23N3/c1-4-11(3)16(5-2)10-13-7-6-12(8-14)9-15-13/h6-7,9,11H,4-5,8,10,14H2,1-3H3. The third-order valence-corrected chi connectivity index (χ3v) is 3.11. The van der Waals surface area contributed by atoms with E-state index in [4.69, 9.17) is 5.73 Å². The fourth-order valence-corrected chi connectivity index (χ4v) is 1.71. The van der Waals surface area contributed by atoms with Gasteiger partial charge in [0, 0.05) is 25.3 Å². The van der Waals surface area contributed by atoms with Gasteiger partial charge in [-0.3, -0.25) is 9.88 Å². The van der Waals surface area contributed by atoms with Crippen LogP contribution in [0.15, 0.2) is 18.3 Å². The number of rotatable bonds is 6. The van der Waals surface area contributed by atoms with Crippen molar-refractivity contribution in [2.45, 2.75) is 46.3 Å². The Hall–Kier alpha value is -0.930. The predicted molar refractivity (Wildman–Crippen MR) is 68.0 cm³/mol. The molecule has 90 valence electrons. The number of hydrogen-bond acceptors (Lipinski definition) is 3. The molecule has 0 saturated carbocycles. The fourth-order valence-electron chi connectivity index (χ4n) is 1.71. The number of nitrogens with two attached hydrogens (primary N) is 1. The SMILES string of the molecule is CCC(C)N(CC)Cc1ccc(CN)cn1. The summed E-state index contributed by atoms with van der Waals surface area (Å²) in [5, 5.41) is 0. The van der Waals surface area contributed by atoms with Gasteiger partial charge in [-0.2, -0.15) is 0 Å². The summed E-state index contributed by atoms with van der Waals surface area (Å²) < 4.78 is 0. The molecular formula is C13H23N3. The Balaban J connectivity index is 2.63. The summed E-state index contributed by atoms with van der Waals surface area (Å²) in [7, 11) is 0. The molecule has 3 heteroatoms. The van der Waals surface area contributed by atoms with Crippen LogP contribution in [-0.4, -0.2) is 22.5 Å². The molecular weight excluding hydrogens is 198 g/mol. The van der Waals surface area contributed by atoms with Crippen LogP contribution in [0.4, 0.5) is 0 Å². The van der Waals surface area contributed by atoms with Crippen molar-refractivity contribution >= 4 is 0 Å². The van der Waals surface area contributed by atoms with Crippen molar-refractivity contribution in [3.8, 4) is 0 Å². The van der Waals surface area contributed by atoms with Gasteiger partial charge in [-0.05, 0) is 31.5 Å². The molecule has 0 radical (unpaired) electrons. The van der Waals surface area contributed by atoms with Gasteiger partial charge in [-0.25, -0.2) is 0 Å². The van der Waals surface area contributed by atoms with E-state index in [1.54, 1.807) is 0 Å². The van der Waals surface area contributed by atoms with E-state index < -0.39 is 0 Å². The van der Waals surface area contributed by atoms with E-state index in [2.05, 4.69) is 42.8 Å². The van der Waals surface area contributed by atoms with Crippen LogP contribution < -0.4 is 5.73 Å². The van der Waals surface area contributed by atoms with Crippen molar-refractivity contribution in [2.75, 3.05) is 6.54 Å². The minimum Gasteiger partial charge on any atom is -0.326 e. The van der Waals surface area contributed by atoms with Gasteiger partial charge in [0.1, 0.15) is 0 Å². The lowest BCUT2D eigenvalue weighted by atomic mass is 10.2. The second-order valence-electron chi connectivity index (χ2n) is 4.18. The van der Waals surface area contributed by atoms with Gasteiger partial charge >= 0.3 is 0 Å². The zero-order valence-electron chi connectivity index (χ0n) is 10.6. The Labute approximate surface area is 98.7 Å². The minimum atomic E-state index is 0.566. The molecule has 0 aromatic carbocycles. The molecule has 0 amide bonds. The minimum absolute atomic E-state index is 0.566. The molecule has 1 atom stereocenters. The molecule has 1 rings (SSSR count). The maximum Gasteiger partial charge on any atom is 0.0544 e. The first-order valence-corrected chi connectivity index (χ1v) is 6.09. The Morgan fingerprint density at radius 2 is 2.12 bits per heavy atom. The molecule has 1 unspecified atom stereocenters. The molecule has 0 bridgehead atoms. The summed E-state index contributed by atoms with van der Waals surface area (Å²) in [6, 6.07) is 4.75. The lowest BCUT2D eigenvalue weighted by Crippen LogP contribution is -2.32. The van der Waals surface area contributed by atoms with Crippen LogP contribution in [0.25, 0.3) is 0 Å². The highest BCUT2D eigenvalue weighted by molar-refractivity contribution is 5.13. The van der Waals surface area contributed by atoms with Crippen molar-refractivity contribution in [3.63, 3.8) is 0 Å².